The lowest BCUT2D eigenvalue weighted by Crippen LogP contribution is -2.27. The molecule has 11 heteroatoms. The average Bonchev–Trinajstić information content (AvgIpc) is 3.60. The monoisotopic (exact) mass is 574 g/mol. The largest absolute Gasteiger partial charge is 0.427 e. The van der Waals surface area contributed by atoms with Gasteiger partial charge in [0.05, 0.1) is 5.41 Å². The number of nitrogens with one attached hydrogen (secondary N) is 1. The Hall–Kier alpha value is -4.38. The van der Waals surface area contributed by atoms with Crippen LogP contribution in [0.25, 0.3) is 22.5 Å². The Morgan fingerprint density at radius 1 is 0.976 bits per heavy atom. The predicted octanol–water partition coefficient (Wildman–Crippen LogP) is 5.05. The molecule has 2 heterocycles. The van der Waals surface area contributed by atoms with Gasteiger partial charge in [-0.2, -0.15) is 0 Å². The number of ether oxygens (including phenoxy) is 2. The molecule has 0 unspecified atom stereocenters. The standard InChI is InChI=1S/C31H38N6O5/c1-7-8-13-24-32-26(31(5,6)40)25(28(38)41-19-42-29(39)30(2,3)4)37(24)18-20-14-16-21(17-15-20)22-11-9-10-12-23(22)27-33-35-36-34-27/h9-12,14-17,40H,7-8,13,18-19H2,1-6H3,(H,33,34,35,36). The number of nitrogens with zero attached hydrogens (tertiary/aromatic N) is 5. The Kier molecular flexibility index (Phi) is 9.20. The molecule has 4 aromatic rings. The van der Waals surface area contributed by atoms with Gasteiger partial charge in [0.15, 0.2) is 11.5 Å². The molecule has 222 valence electrons. The number of aryl methyl sites for hydroxylation is 1. The molecule has 11 nitrogen and oxygen atoms in total. The topological polar surface area (TPSA) is 145 Å². The number of imidazole rings is 1. The van der Waals surface area contributed by atoms with Gasteiger partial charge in [-0.15, -0.1) is 5.10 Å². The van der Waals surface area contributed by atoms with Gasteiger partial charge in [0, 0.05) is 18.5 Å². The first kappa shape index (κ1) is 30.6. The van der Waals surface area contributed by atoms with E-state index in [1.165, 1.54) is 0 Å². The van der Waals surface area contributed by atoms with Crippen LogP contribution < -0.4 is 0 Å². The third kappa shape index (κ3) is 7.09. The normalized spacial score (nSPS) is 11.9. The van der Waals surface area contributed by atoms with E-state index >= 15 is 0 Å². The van der Waals surface area contributed by atoms with Crippen molar-refractivity contribution in [2.75, 3.05) is 6.79 Å². The summed E-state index contributed by atoms with van der Waals surface area (Å²) in [6, 6.07) is 15.8. The summed E-state index contributed by atoms with van der Waals surface area (Å²) in [5.41, 5.74) is 1.93. The maximum absolute atomic E-state index is 13.4. The number of esters is 2. The maximum atomic E-state index is 13.4. The Morgan fingerprint density at radius 2 is 1.67 bits per heavy atom. The van der Waals surface area contributed by atoms with Crippen molar-refractivity contribution in [3.05, 3.63) is 71.3 Å². The van der Waals surface area contributed by atoms with Crippen LogP contribution in [-0.2, 0) is 32.8 Å². The fourth-order valence-corrected chi connectivity index (χ4v) is 4.44. The molecule has 0 saturated heterocycles. The molecule has 0 spiro atoms. The molecule has 0 aliphatic heterocycles. The van der Waals surface area contributed by atoms with E-state index in [4.69, 9.17) is 14.5 Å². The van der Waals surface area contributed by atoms with E-state index in [1.54, 1.807) is 39.2 Å². The number of H-pyrrole nitrogens is 1. The number of aromatic amines is 1. The smallest absolute Gasteiger partial charge is 0.359 e. The van der Waals surface area contributed by atoms with Crippen LogP contribution in [-0.4, -0.2) is 54.0 Å². The molecular formula is C31H38N6O5. The second-order valence-corrected chi connectivity index (χ2v) is 11.7. The molecule has 2 aromatic carbocycles. The summed E-state index contributed by atoms with van der Waals surface area (Å²) in [6.07, 6.45) is 2.40. The van der Waals surface area contributed by atoms with E-state index in [1.807, 2.05) is 48.5 Å². The van der Waals surface area contributed by atoms with Crippen molar-refractivity contribution in [1.29, 1.82) is 0 Å². The van der Waals surface area contributed by atoms with Gasteiger partial charge in [0.2, 0.25) is 6.79 Å². The number of rotatable bonds is 11. The molecule has 0 atom stereocenters. The van der Waals surface area contributed by atoms with Gasteiger partial charge in [0.1, 0.15) is 17.1 Å². The van der Waals surface area contributed by atoms with Crippen molar-refractivity contribution in [1.82, 2.24) is 30.2 Å². The molecule has 0 saturated carbocycles. The number of benzene rings is 2. The van der Waals surface area contributed by atoms with Gasteiger partial charge in [-0.3, -0.25) is 4.79 Å². The molecule has 4 rings (SSSR count). The number of tetrazole rings is 1. The minimum Gasteiger partial charge on any atom is -0.427 e. The van der Waals surface area contributed by atoms with Crippen molar-refractivity contribution in [2.24, 2.45) is 5.41 Å². The third-order valence-electron chi connectivity index (χ3n) is 6.70. The first-order valence-corrected chi connectivity index (χ1v) is 14.0. The first-order valence-electron chi connectivity index (χ1n) is 14.0. The number of hydrogen-bond donors (Lipinski definition) is 2. The Bertz CT molecular complexity index is 1510. The highest BCUT2D eigenvalue weighted by atomic mass is 16.7. The van der Waals surface area contributed by atoms with Gasteiger partial charge in [-0.1, -0.05) is 61.9 Å². The van der Waals surface area contributed by atoms with Crippen LogP contribution in [0.3, 0.4) is 0 Å². The molecule has 42 heavy (non-hydrogen) atoms. The summed E-state index contributed by atoms with van der Waals surface area (Å²) in [4.78, 5) is 30.3. The number of carbonyl (C=O) groups is 2. The van der Waals surface area contributed by atoms with Crippen molar-refractivity contribution >= 4 is 11.9 Å². The van der Waals surface area contributed by atoms with E-state index in [-0.39, 0.29) is 11.4 Å². The van der Waals surface area contributed by atoms with Crippen molar-refractivity contribution in [3.63, 3.8) is 0 Å². The second kappa shape index (κ2) is 12.6. The zero-order valence-electron chi connectivity index (χ0n) is 25.0. The van der Waals surface area contributed by atoms with Crippen LogP contribution in [0.4, 0.5) is 0 Å². The first-order chi connectivity index (χ1) is 19.9. The van der Waals surface area contributed by atoms with Crippen LogP contribution >= 0.6 is 0 Å². The molecule has 0 bridgehead atoms. The summed E-state index contributed by atoms with van der Waals surface area (Å²) in [7, 11) is 0. The summed E-state index contributed by atoms with van der Waals surface area (Å²) >= 11 is 0. The van der Waals surface area contributed by atoms with E-state index < -0.39 is 29.7 Å². The van der Waals surface area contributed by atoms with Crippen LogP contribution in [0.1, 0.15) is 82.0 Å². The molecule has 0 aliphatic carbocycles. The molecule has 0 aliphatic rings. The van der Waals surface area contributed by atoms with Crippen LogP contribution in [0.15, 0.2) is 48.5 Å². The Morgan fingerprint density at radius 3 is 2.26 bits per heavy atom. The van der Waals surface area contributed by atoms with Crippen molar-refractivity contribution in [2.45, 2.75) is 73.0 Å². The number of carbonyl (C=O) groups excluding carboxylic acids is 2. The average molecular weight is 575 g/mol. The zero-order valence-corrected chi connectivity index (χ0v) is 25.0. The number of aromatic nitrogens is 6. The van der Waals surface area contributed by atoms with E-state index in [0.717, 1.165) is 35.1 Å². The van der Waals surface area contributed by atoms with Crippen LogP contribution in [0, 0.1) is 5.41 Å². The molecule has 2 N–H and O–H groups in total. The quantitative estimate of drug-likeness (QED) is 0.186. The van der Waals surface area contributed by atoms with Gasteiger partial charge < -0.3 is 19.1 Å². The van der Waals surface area contributed by atoms with Crippen LogP contribution in [0.5, 0.6) is 0 Å². The molecule has 0 radical (unpaired) electrons. The zero-order chi connectivity index (χ0) is 30.5. The lowest BCUT2D eigenvalue weighted by atomic mass is 9.98. The molecular weight excluding hydrogens is 536 g/mol. The molecule has 0 fully saturated rings. The third-order valence-corrected chi connectivity index (χ3v) is 6.70. The molecule has 2 aromatic heterocycles. The maximum Gasteiger partial charge on any atom is 0.359 e. The minimum absolute atomic E-state index is 0.132. The van der Waals surface area contributed by atoms with E-state index in [2.05, 4.69) is 27.5 Å². The summed E-state index contributed by atoms with van der Waals surface area (Å²) in [5.74, 6) is 0.0238. The molecule has 0 amide bonds. The number of hydrogen-bond acceptors (Lipinski definition) is 9. The fourth-order valence-electron chi connectivity index (χ4n) is 4.44. The highest BCUT2D eigenvalue weighted by Gasteiger charge is 2.33. The highest BCUT2D eigenvalue weighted by molar-refractivity contribution is 5.89. The minimum atomic E-state index is -1.41. The lowest BCUT2D eigenvalue weighted by molar-refractivity contribution is -0.161. The summed E-state index contributed by atoms with van der Waals surface area (Å²) < 4.78 is 12.3. The second-order valence-electron chi connectivity index (χ2n) is 11.7. The fraction of sp³-hybridized carbons (Fsp3) is 0.419. The van der Waals surface area contributed by atoms with Gasteiger partial charge in [0.25, 0.3) is 0 Å². The summed E-state index contributed by atoms with van der Waals surface area (Å²) in [5, 5.41) is 25.2. The Balaban J connectivity index is 1.66. The summed E-state index contributed by atoms with van der Waals surface area (Å²) in [6.45, 7) is 10.2. The van der Waals surface area contributed by atoms with Gasteiger partial charge in [-0.05, 0) is 68.2 Å². The highest BCUT2D eigenvalue weighted by Crippen LogP contribution is 2.31. The van der Waals surface area contributed by atoms with Crippen LogP contribution in [0.2, 0.25) is 0 Å². The SMILES string of the molecule is CCCCc1nc(C(C)(C)O)c(C(=O)OCOC(=O)C(C)(C)C)n1Cc1ccc(-c2ccccc2-c2nnn[nH]2)cc1. The number of aliphatic hydroxyl groups is 1. The van der Waals surface area contributed by atoms with E-state index in [9.17, 15) is 14.7 Å². The van der Waals surface area contributed by atoms with Gasteiger partial charge >= 0.3 is 11.9 Å². The predicted molar refractivity (Wildman–Crippen MR) is 156 cm³/mol. The van der Waals surface area contributed by atoms with Crippen molar-refractivity contribution < 1.29 is 24.2 Å². The van der Waals surface area contributed by atoms with E-state index in [0.29, 0.717) is 24.6 Å². The van der Waals surface area contributed by atoms with Crippen molar-refractivity contribution in [3.8, 4) is 22.5 Å². The lowest BCUT2D eigenvalue weighted by Gasteiger charge is -2.19. The van der Waals surface area contributed by atoms with Gasteiger partial charge in [-0.25, -0.2) is 14.9 Å². The Labute approximate surface area is 245 Å². The number of unbranched alkanes of at least 4 members (excludes halogenated alkanes) is 1.